The molecule has 8 amide bonds. The lowest BCUT2D eigenvalue weighted by atomic mass is 9.86. The monoisotopic (exact) mass is 1960 g/mol. The van der Waals surface area contributed by atoms with Crippen LogP contribution in [0.15, 0.2) is 0 Å². The second kappa shape index (κ2) is 62.6. The van der Waals surface area contributed by atoms with Crippen LogP contribution in [0.1, 0.15) is 27.7 Å². The molecule has 4 heterocycles. The van der Waals surface area contributed by atoms with Gasteiger partial charge in [-0.15, -0.1) is 0 Å². The Morgan fingerprint density at radius 3 is 0.438 bits per heavy atom. The van der Waals surface area contributed by atoms with E-state index in [1.54, 1.807) is 19.6 Å². The summed E-state index contributed by atoms with van der Waals surface area (Å²) in [5.74, 6) is -23.0. The molecule has 4 unspecified atom stereocenters. The molecule has 0 bridgehead atoms. The zero-order valence-electron chi connectivity index (χ0n) is 78.1. The van der Waals surface area contributed by atoms with Crippen LogP contribution < -0.4 is 68.1 Å². The van der Waals surface area contributed by atoms with E-state index in [0.717, 1.165) is 0 Å². The highest BCUT2D eigenvalue weighted by molar-refractivity contribution is 5.90. The smallest absolute Gasteiger partial charge is 0.317 e. The first-order valence-corrected chi connectivity index (χ1v) is 45.0. The number of hydrogen-bond acceptors (Lipinski definition) is 41. The Hall–Kier alpha value is -11.2. The normalized spacial score (nSPS) is 19.6. The van der Waals surface area contributed by atoms with E-state index < -0.39 is 279 Å². The van der Waals surface area contributed by atoms with E-state index >= 15 is 0 Å². The molecular formula is C81H135N24O32-5. The number of carboxylic acid groups (broad SMARTS) is 12. The van der Waals surface area contributed by atoms with Gasteiger partial charge in [-0.3, -0.25) is 150 Å². The Morgan fingerprint density at radius 2 is 0.321 bits per heavy atom. The van der Waals surface area contributed by atoms with Gasteiger partial charge in [-0.25, -0.2) is 0 Å². The highest BCUT2D eigenvalue weighted by Crippen LogP contribution is 2.16. The van der Waals surface area contributed by atoms with Crippen molar-refractivity contribution in [3.8, 4) is 0 Å². The van der Waals surface area contributed by atoms with E-state index in [-0.39, 0.29) is 209 Å². The van der Waals surface area contributed by atoms with E-state index in [4.69, 9.17) is 0 Å². The molecule has 137 heavy (non-hydrogen) atoms. The number of amides is 8. The summed E-state index contributed by atoms with van der Waals surface area (Å²) in [5, 5.41) is 149. The number of carbonyl (C=O) groups is 20. The molecule has 0 aromatic heterocycles. The fraction of sp³-hybridized carbons (Fsp3) is 0.753. The van der Waals surface area contributed by atoms with Crippen molar-refractivity contribution in [2.45, 2.75) is 51.9 Å². The van der Waals surface area contributed by atoms with Crippen LogP contribution in [0.25, 0.3) is 0 Å². The second-order valence-corrected chi connectivity index (χ2v) is 34.3. The minimum atomic E-state index is -1.91. The third-order valence-corrected chi connectivity index (χ3v) is 23.8. The lowest BCUT2D eigenvalue weighted by Crippen LogP contribution is -2.59. The number of nitrogens with zero attached hydrogens (tertiary/aromatic N) is 16. The van der Waals surface area contributed by atoms with Crippen LogP contribution in [0.4, 0.5) is 0 Å². The molecule has 4 aliphatic rings. The number of hydrogen-bond donors (Lipinski definition) is 15. The number of carboxylic acids is 12. The van der Waals surface area contributed by atoms with Gasteiger partial charge >= 0.3 is 41.8 Å². The summed E-state index contributed by atoms with van der Waals surface area (Å²) in [5.41, 5.74) is -1.91. The Labute approximate surface area is 791 Å². The summed E-state index contributed by atoms with van der Waals surface area (Å²) in [4.78, 5) is 283. The van der Waals surface area contributed by atoms with E-state index in [1.165, 1.54) is 86.5 Å². The van der Waals surface area contributed by atoms with Crippen molar-refractivity contribution in [2.24, 2.45) is 5.41 Å². The summed E-state index contributed by atoms with van der Waals surface area (Å²) in [6.45, 7) is -7.08. The summed E-state index contributed by atoms with van der Waals surface area (Å²) >= 11 is 0. The standard InChI is InChI=1S/C81H140N24O32/c1-57(102-29-21-94(45-69(118)119)13-5-90(41-65(110)111)6-14-95(22-30-102)46-70(120)121)77(134)82-37-61(106)86-53-81(54-87-62(107)38-83-78(135)58(2)103-31-23-96(47-71(122)123)15-7-91(42-66(112)113)8-16-97(24-32-103)48-72(124)125,55-88-63(108)39-84-79(136)59(3)104-33-25-98(49-73(126)127)17-9-92(43-67(114)115)10-18-99(26-34-104)50-74(128)129)56-89-64(109)40-85-80(137)60(4)105-35-27-100(51-75(130)131)19-11-93(44-68(116)117)12-20-101(28-36-105)52-76(132)133/h57-60H,5-56H2,1-4H3,(H,82,134)(H,83,135)(H,84,136)(H,85,137)(H,86,106)(H,87,107)(H,88,108)(H,89,109)(H,110,111)(H,112,113)(H,114,115)(H,116,117)(H,118,119)(H,120,121)(H,122,123)(H,124,125)(H,126,127)(H,128,129)(H,130,131)(H,132,133)/p-5. The van der Waals surface area contributed by atoms with E-state index in [1.807, 2.05) is 0 Å². The molecule has 4 saturated heterocycles. The van der Waals surface area contributed by atoms with E-state index in [9.17, 15) is 157 Å². The molecule has 0 aromatic rings. The average Bonchev–Trinajstić information content (AvgIpc) is 0.844. The van der Waals surface area contributed by atoms with Gasteiger partial charge in [0.1, 0.15) is 0 Å². The van der Waals surface area contributed by atoms with Crippen molar-refractivity contribution in [1.29, 1.82) is 0 Å². The maximum atomic E-state index is 14.5. The molecule has 4 rings (SSSR count). The molecule has 56 heteroatoms. The lowest BCUT2D eigenvalue weighted by Gasteiger charge is -2.36. The number of carbonyl (C=O) groups excluding carboxylic acids is 13. The minimum Gasteiger partial charge on any atom is -0.549 e. The van der Waals surface area contributed by atoms with Gasteiger partial charge in [0, 0.05) is 274 Å². The van der Waals surface area contributed by atoms with Crippen molar-refractivity contribution in [3.63, 3.8) is 0 Å². The second-order valence-electron chi connectivity index (χ2n) is 34.3. The third kappa shape index (κ3) is 50.6. The van der Waals surface area contributed by atoms with Crippen LogP contribution >= 0.6 is 0 Å². The molecule has 0 aliphatic carbocycles. The highest BCUT2D eigenvalue weighted by atomic mass is 16.4. The zero-order valence-corrected chi connectivity index (χ0v) is 78.1. The Balaban J connectivity index is 1.81. The average molecular weight is 1960 g/mol. The van der Waals surface area contributed by atoms with E-state index in [0.29, 0.717) is 0 Å². The van der Waals surface area contributed by atoms with Gasteiger partial charge in [0.15, 0.2) is 0 Å². The van der Waals surface area contributed by atoms with Gasteiger partial charge < -0.3 is 128 Å². The van der Waals surface area contributed by atoms with Crippen molar-refractivity contribution in [3.05, 3.63) is 0 Å². The van der Waals surface area contributed by atoms with Crippen LogP contribution in [0, 0.1) is 5.41 Å². The minimum absolute atomic E-state index is 0.000419. The van der Waals surface area contributed by atoms with Crippen LogP contribution in [0.2, 0.25) is 0 Å². The molecule has 0 spiro atoms. The van der Waals surface area contributed by atoms with Crippen molar-refractivity contribution in [2.75, 3.05) is 340 Å². The molecule has 4 fully saturated rings. The molecular weight excluding hydrogens is 1820 g/mol. The maximum Gasteiger partial charge on any atom is 0.317 e. The van der Waals surface area contributed by atoms with Gasteiger partial charge in [0.05, 0.1) is 126 Å². The summed E-state index contributed by atoms with van der Waals surface area (Å²) in [7, 11) is 0. The van der Waals surface area contributed by atoms with Crippen LogP contribution in [0.5, 0.6) is 0 Å². The fourth-order valence-electron chi connectivity index (χ4n) is 15.6. The molecule has 0 aromatic carbocycles. The summed E-state index contributed by atoms with van der Waals surface area (Å²) < 4.78 is 0. The summed E-state index contributed by atoms with van der Waals surface area (Å²) in [6.07, 6.45) is 0. The number of rotatable bonds is 48. The first-order valence-electron chi connectivity index (χ1n) is 45.0. The van der Waals surface area contributed by atoms with Gasteiger partial charge in [0.2, 0.25) is 47.3 Å². The van der Waals surface area contributed by atoms with Gasteiger partial charge in [-0.05, 0) is 27.7 Å². The molecule has 15 N–H and O–H groups in total. The SMILES string of the molecule is CC(C(=O)NCC(=O)NCC(CNC(=O)CNC(=O)C(C)N1CCN(CC(=O)[O-])CCN(CC(=O)[O-])CCN(CC(=O)O)CC1)(CNC(=O)CNC(=O)C(C)N1CCN(CC(=O)[O-])CCN(CC(=O)O)CCN(CC(=O)O)CC1)CNC(=O)CNC(=O)C(C)N1CCN(CC(=O)O)CCN(CC(=O)O)CCN(CC(=O)O)CC1)N1CCN(CC(=O)[O-])CCN(CC(=O)[O-])CCN(CC(=O)O)CC1. The van der Waals surface area contributed by atoms with Crippen LogP contribution in [0.3, 0.4) is 0 Å². The maximum absolute atomic E-state index is 14.5. The predicted octanol–water partition coefficient (Wildman–Crippen LogP) is -20.3. The Kier molecular flexibility index (Phi) is 53.9. The fourth-order valence-corrected chi connectivity index (χ4v) is 15.6. The van der Waals surface area contributed by atoms with Gasteiger partial charge in [0.25, 0.3) is 0 Å². The third-order valence-electron chi connectivity index (χ3n) is 23.8. The van der Waals surface area contributed by atoms with Crippen molar-refractivity contribution < 1.29 is 157 Å². The van der Waals surface area contributed by atoms with Gasteiger partial charge in [-0.1, -0.05) is 0 Å². The Morgan fingerprint density at radius 1 is 0.204 bits per heavy atom. The molecule has 776 valence electrons. The van der Waals surface area contributed by atoms with E-state index in [2.05, 4.69) is 42.5 Å². The largest absolute Gasteiger partial charge is 0.549 e. The lowest BCUT2D eigenvalue weighted by molar-refractivity contribution is -0.308. The molecule has 0 saturated carbocycles. The molecule has 4 aliphatic heterocycles. The zero-order chi connectivity index (χ0) is 102. The van der Waals surface area contributed by atoms with Crippen LogP contribution in [-0.4, -0.2) is 598 Å². The van der Waals surface area contributed by atoms with Crippen molar-refractivity contribution >= 4 is 119 Å². The quantitative estimate of drug-likeness (QED) is 0.0269. The highest BCUT2D eigenvalue weighted by Gasteiger charge is 2.37. The molecule has 0 radical (unpaired) electrons. The topological polar surface area (TPSA) is 746 Å². The Bertz CT molecular complexity index is 3390. The number of aliphatic carboxylic acids is 12. The molecule has 4 atom stereocenters. The predicted molar refractivity (Wildman–Crippen MR) is 466 cm³/mol. The number of nitrogens with one attached hydrogen (secondary N) is 8. The van der Waals surface area contributed by atoms with Gasteiger partial charge in [-0.2, -0.15) is 0 Å². The van der Waals surface area contributed by atoms with Crippen LogP contribution in [-0.2, 0) is 95.9 Å². The first-order chi connectivity index (χ1) is 64.6. The van der Waals surface area contributed by atoms with Crippen molar-refractivity contribution in [1.82, 2.24) is 121 Å². The first kappa shape index (κ1) is 118. The summed E-state index contributed by atoms with van der Waals surface area (Å²) in [6, 6.07) is -4.63. The molecule has 56 nitrogen and oxygen atoms in total.